The number of nitrogens with one attached hydrogen (secondary N) is 2. The molecular weight excluding hydrogens is 278 g/mol. The third-order valence-corrected chi connectivity index (χ3v) is 4.35. The molecule has 0 aliphatic carbocycles. The lowest BCUT2D eigenvalue weighted by atomic mass is 10.2. The van der Waals surface area contributed by atoms with Gasteiger partial charge in [-0.2, -0.15) is 5.10 Å². The van der Waals surface area contributed by atoms with E-state index in [1.165, 1.54) is 0 Å². The number of pyridine rings is 1. The molecule has 2 heterocycles. The molecule has 0 aliphatic rings. The summed E-state index contributed by atoms with van der Waals surface area (Å²) >= 11 is 0. The molecule has 20 heavy (non-hydrogen) atoms. The van der Waals surface area contributed by atoms with Gasteiger partial charge in [-0.25, -0.2) is 13.1 Å². The minimum Gasteiger partial charge on any atom is -0.326 e. The van der Waals surface area contributed by atoms with Gasteiger partial charge in [0.15, 0.2) is 5.03 Å². The Hall–Kier alpha value is -1.77. The fraction of sp³-hybridized carbons (Fsp3) is 0.333. The van der Waals surface area contributed by atoms with Crippen molar-refractivity contribution in [1.82, 2.24) is 19.9 Å². The molecule has 0 unspecified atom stereocenters. The summed E-state index contributed by atoms with van der Waals surface area (Å²) in [6.07, 6.45) is 3.94. The van der Waals surface area contributed by atoms with E-state index in [-0.39, 0.29) is 18.1 Å². The topological polar surface area (TPSA) is 114 Å². The number of rotatable bonds is 6. The zero-order valence-electron chi connectivity index (χ0n) is 11.1. The molecule has 108 valence electrons. The molecule has 0 radical (unpaired) electrons. The standard InChI is InChI=1S/C12H17N5O2S/c1-9-11(7-13)12(17-16-9)20(18,19)15-6-4-10-3-2-5-14-8-10/h2-3,5,8,15H,4,6-7,13H2,1H3,(H,16,17). The molecule has 0 bridgehead atoms. The second-order valence-corrected chi connectivity index (χ2v) is 6.03. The van der Waals surface area contributed by atoms with Gasteiger partial charge in [-0.3, -0.25) is 10.1 Å². The molecule has 2 rings (SSSR count). The van der Waals surface area contributed by atoms with Crippen LogP contribution in [0.25, 0.3) is 0 Å². The predicted octanol–water partition coefficient (Wildman–Crippen LogP) is 0.0928. The first-order valence-electron chi connectivity index (χ1n) is 6.17. The van der Waals surface area contributed by atoms with Gasteiger partial charge in [0, 0.05) is 36.7 Å². The van der Waals surface area contributed by atoms with Gasteiger partial charge in [-0.15, -0.1) is 0 Å². The quantitative estimate of drug-likeness (QED) is 0.699. The molecule has 8 heteroatoms. The van der Waals surface area contributed by atoms with E-state index >= 15 is 0 Å². The number of hydrogen-bond donors (Lipinski definition) is 3. The average molecular weight is 295 g/mol. The Morgan fingerprint density at radius 3 is 2.90 bits per heavy atom. The fourth-order valence-electron chi connectivity index (χ4n) is 1.84. The van der Waals surface area contributed by atoms with Crippen LogP contribution in [0.5, 0.6) is 0 Å². The number of nitrogens with zero attached hydrogens (tertiary/aromatic N) is 2. The summed E-state index contributed by atoms with van der Waals surface area (Å²) in [7, 11) is -3.65. The number of aromatic nitrogens is 3. The maximum atomic E-state index is 12.2. The smallest absolute Gasteiger partial charge is 0.260 e. The van der Waals surface area contributed by atoms with Gasteiger partial charge in [0.2, 0.25) is 0 Å². The summed E-state index contributed by atoms with van der Waals surface area (Å²) < 4.78 is 26.8. The SMILES string of the molecule is Cc1[nH]nc(S(=O)(=O)NCCc2cccnc2)c1CN. The van der Waals surface area contributed by atoms with Gasteiger partial charge in [0.25, 0.3) is 10.0 Å². The molecule has 0 atom stereocenters. The molecule has 0 fully saturated rings. The van der Waals surface area contributed by atoms with Crippen LogP contribution in [-0.2, 0) is 23.0 Å². The Kier molecular flexibility index (Phi) is 4.48. The van der Waals surface area contributed by atoms with Crippen molar-refractivity contribution >= 4 is 10.0 Å². The molecule has 0 saturated carbocycles. The minimum absolute atomic E-state index is 0.0244. The Morgan fingerprint density at radius 1 is 1.45 bits per heavy atom. The number of H-pyrrole nitrogens is 1. The van der Waals surface area contributed by atoms with E-state index in [1.807, 2.05) is 12.1 Å². The minimum atomic E-state index is -3.65. The van der Waals surface area contributed by atoms with Crippen LogP contribution < -0.4 is 10.5 Å². The van der Waals surface area contributed by atoms with Crippen molar-refractivity contribution in [2.24, 2.45) is 5.73 Å². The van der Waals surface area contributed by atoms with E-state index in [0.717, 1.165) is 5.56 Å². The van der Waals surface area contributed by atoms with Crippen molar-refractivity contribution in [3.8, 4) is 0 Å². The van der Waals surface area contributed by atoms with Crippen molar-refractivity contribution in [3.05, 3.63) is 41.3 Å². The van der Waals surface area contributed by atoms with Gasteiger partial charge >= 0.3 is 0 Å². The van der Waals surface area contributed by atoms with Crippen LogP contribution >= 0.6 is 0 Å². The average Bonchev–Trinajstić information content (AvgIpc) is 2.81. The van der Waals surface area contributed by atoms with Crippen LogP contribution in [0.2, 0.25) is 0 Å². The first-order chi connectivity index (χ1) is 9.54. The Labute approximate surface area is 117 Å². The van der Waals surface area contributed by atoms with Gasteiger partial charge in [0.05, 0.1) is 0 Å². The summed E-state index contributed by atoms with van der Waals surface area (Å²) in [5, 5.41) is 6.43. The van der Waals surface area contributed by atoms with Crippen LogP contribution in [0.4, 0.5) is 0 Å². The molecule has 0 aliphatic heterocycles. The molecule has 4 N–H and O–H groups in total. The highest BCUT2D eigenvalue weighted by Gasteiger charge is 2.22. The predicted molar refractivity (Wildman–Crippen MR) is 74.3 cm³/mol. The Balaban J connectivity index is 2.04. The molecule has 2 aromatic heterocycles. The lowest BCUT2D eigenvalue weighted by molar-refractivity contribution is 0.576. The molecular formula is C12H17N5O2S. The van der Waals surface area contributed by atoms with E-state index in [0.29, 0.717) is 17.7 Å². The van der Waals surface area contributed by atoms with Crippen molar-refractivity contribution in [1.29, 1.82) is 0 Å². The van der Waals surface area contributed by atoms with Crippen molar-refractivity contribution in [2.75, 3.05) is 6.54 Å². The van der Waals surface area contributed by atoms with Crippen molar-refractivity contribution in [2.45, 2.75) is 24.9 Å². The van der Waals surface area contributed by atoms with Crippen LogP contribution in [0.1, 0.15) is 16.8 Å². The summed E-state index contributed by atoms with van der Waals surface area (Å²) in [5.74, 6) is 0. The van der Waals surface area contributed by atoms with Crippen LogP contribution in [0.15, 0.2) is 29.6 Å². The number of sulfonamides is 1. The largest absolute Gasteiger partial charge is 0.326 e. The number of aromatic amines is 1. The third-order valence-electron chi connectivity index (χ3n) is 2.92. The zero-order chi connectivity index (χ0) is 14.6. The lowest BCUT2D eigenvalue weighted by Gasteiger charge is -2.06. The maximum absolute atomic E-state index is 12.2. The summed E-state index contributed by atoms with van der Waals surface area (Å²) in [6.45, 7) is 2.15. The number of aryl methyl sites for hydroxylation is 1. The monoisotopic (exact) mass is 295 g/mol. The molecule has 7 nitrogen and oxygen atoms in total. The van der Waals surface area contributed by atoms with Gasteiger partial charge < -0.3 is 5.73 Å². The van der Waals surface area contributed by atoms with Crippen molar-refractivity contribution in [3.63, 3.8) is 0 Å². The molecule has 0 spiro atoms. The van der Waals surface area contributed by atoms with E-state index in [2.05, 4.69) is 19.9 Å². The maximum Gasteiger partial charge on any atom is 0.260 e. The van der Waals surface area contributed by atoms with E-state index in [4.69, 9.17) is 5.73 Å². The zero-order valence-corrected chi connectivity index (χ0v) is 11.9. The summed E-state index contributed by atoms with van der Waals surface area (Å²) in [6, 6.07) is 3.71. The van der Waals surface area contributed by atoms with Gasteiger partial charge in [-0.05, 0) is 25.0 Å². The number of hydrogen-bond acceptors (Lipinski definition) is 5. The second kappa shape index (κ2) is 6.12. The first-order valence-corrected chi connectivity index (χ1v) is 7.65. The van der Waals surface area contributed by atoms with Gasteiger partial charge in [0.1, 0.15) is 0 Å². The van der Waals surface area contributed by atoms with Gasteiger partial charge in [-0.1, -0.05) is 6.07 Å². The van der Waals surface area contributed by atoms with Crippen molar-refractivity contribution < 1.29 is 8.42 Å². The molecule has 0 aromatic carbocycles. The highest BCUT2D eigenvalue weighted by molar-refractivity contribution is 7.89. The number of nitrogens with two attached hydrogens (primary N) is 1. The van der Waals surface area contributed by atoms with E-state index < -0.39 is 10.0 Å². The third kappa shape index (κ3) is 3.21. The summed E-state index contributed by atoms with van der Waals surface area (Å²) in [4.78, 5) is 3.98. The lowest BCUT2D eigenvalue weighted by Crippen LogP contribution is -2.27. The highest BCUT2D eigenvalue weighted by atomic mass is 32.2. The van der Waals surface area contributed by atoms with E-state index in [9.17, 15) is 8.42 Å². The van der Waals surface area contributed by atoms with Crippen LogP contribution in [0.3, 0.4) is 0 Å². The van der Waals surface area contributed by atoms with Crippen LogP contribution in [-0.4, -0.2) is 30.1 Å². The Bertz CT molecular complexity index is 666. The second-order valence-electron chi connectivity index (χ2n) is 4.35. The summed E-state index contributed by atoms with van der Waals surface area (Å²) in [5.41, 5.74) is 7.70. The fourth-order valence-corrected chi connectivity index (χ4v) is 3.07. The molecule has 0 saturated heterocycles. The Morgan fingerprint density at radius 2 is 2.25 bits per heavy atom. The first kappa shape index (κ1) is 14.6. The normalized spacial score (nSPS) is 11.7. The molecule has 2 aromatic rings. The van der Waals surface area contributed by atoms with E-state index in [1.54, 1.807) is 19.3 Å². The molecule has 0 amide bonds. The van der Waals surface area contributed by atoms with Crippen LogP contribution in [0, 0.1) is 6.92 Å². The highest BCUT2D eigenvalue weighted by Crippen LogP contribution is 2.15.